The number of nitrogens with one attached hydrogen (secondary N) is 1. The molecule has 16 heavy (non-hydrogen) atoms. The lowest BCUT2D eigenvalue weighted by Crippen LogP contribution is -2.48. The van der Waals surface area contributed by atoms with Crippen LogP contribution < -0.4 is 5.32 Å². The summed E-state index contributed by atoms with van der Waals surface area (Å²) in [5, 5.41) is 13.4. The Balaban J connectivity index is 2.30. The fourth-order valence-electron chi connectivity index (χ4n) is 2.64. The first-order valence-electron chi connectivity index (χ1n) is 6.48. The van der Waals surface area contributed by atoms with Crippen molar-refractivity contribution in [2.75, 3.05) is 27.2 Å². The summed E-state index contributed by atoms with van der Waals surface area (Å²) in [6.07, 6.45) is 4.97. The maximum atomic E-state index is 9.82. The summed E-state index contributed by atoms with van der Waals surface area (Å²) in [6, 6.07) is 0.568. The van der Waals surface area contributed by atoms with E-state index in [2.05, 4.69) is 19.2 Å². The van der Waals surface area contributed by atoms with Crippen LogP contribution in [0.2, 0.25) is 0 Å². The Kier molecular flexibility index (Phi) is 5.22. The number of likely N-dealkylation sites (N-methyl/N-ethyl adjacent to an activating group) is 1. The van der Waals surface area contributed by atoms with Gasteiger partial charge in [-0.15, -0.1) is 0 Å². The predicted octanol–water partition coefficient (Wildman–Crippen LogP) is 1.47. The minimum Gasteiger partial charge on any atom is -0.390 e. The molecule has 0 aromatic carbocycles. The standard InChI is InChI=1S/C13H28N2O/c1-13(2)8-6-5-7-12(13)14-9-11(16)10-15(3)4/h11-12,14,16H,5-10H2,1-4H3. The SMILES string of the molecule is CN(C)CC(O)CNC1CCCCC1(C)C. The molecule has 0 aromatic heterocycles. The van der Waals surface area contributed by atoms with Crippen LogP contribution in [-0.2, 0) is 0 Å². The smallest absolute Gasteiger partial charge is 0.0791 e. The van der Waals surface area contributed by atoms with Gasteiger partial charge < -0.3 is 15.3 Å². The Morgan fingerprint density at radius 2 is 2.06 bits per heavy atom. The van der Waals surface area contributed by atoms with Crippen molar-refractivity contribution in [2.24, 2.45) is 5.41 Å². The van der Waals surface area contributed by atoms with Gasteiger partial charge in [0.1, 0.15) is 0 Å². The molecule has 96 valence electrons. The van der Waals surface area contributed by atoms with E-state index in [1.165, 1.54) is 25.7 Å². The molecule has 1 aliphatic carbocycles. The van der Waals surface area contributed by atoms with E-state index in [4.69, 9.17) is 0 Å². The van der Waals surface area contributed by atoms with Crippen LogP contribution in [0.5, 0.6) is 0 Å². The second kappa shape index (κ2) is 5.99. The summed E-state index contributed by atoms with van der Waals surface area (Å²) in [6.45, 7) is 6.12. The van der Waals surface area contributed by atoms with E-state index >= 15 is 0 Å². The third-order valence-corrected chi connectivity index (χ3v) is 3.68. The van der Waals surface area contributed by atoms with E-state index in [0.717, 1.165) is 6.54 Å². The fraction of sp³-hybridized carbons (Fsp3) is 1.00. The van der Waals surface area contributed by atoms with Crippen LogP contribution in [0.15, 0.2) is 0 Å². The molecule has 1 rings (SSSR count). The van der Waals surface area contributed by atoms with E-state index < -0.39 is 0 Å². The van der Waals surface area contributed by atoms with Gasteiger partial charge in [0.15, 0.2) is 0 Å². The molecule has 3 heteroatoms. The lowest BCUT2D eigenvalue weighted by Gasteiger charge is -2.39. The van der Waals surface area contributed by atoms with Crippen molar-refractivity contribution < 1.29 is 5.11 Å². The number of hydrogen-bond acceptors (Lipinski definition) is 3. The maximum absolute atomic E-state index is 9.82. The van der Waals surface area contributed by atoms with Gasteiger partial charge in [-0.3, -0.25) is 0 Å². The van der Waals surface area contributed by atoms with Gasteiger partial charge in [-0.25, -0.2) is 0 Å². The van der Waals surface area contributed by atoms with Crippen molar-refractivity contribution in [1.29, 1.82) is 0 Å². The summed E-state index contributed by atoms with van der Waals surface area (Å²) in [5.74, 6) is 0. The van der Waals surface area contributed by atoms with Crippen LogP contribution in [0.25, 0.3) is 0 Å². The second-order valence-electron chi connectivity index (χ2n) is 6.11. The number of aliphatic hydroxyl groups excluding tert-OH is 1. The quantitative estimate of drug-likeness (QED) is 0.748. The monoisotopic (exact) mass is 228 g/mol. The molecule has 1 saturated carbocycles. The molecular weight excluding hydrogens is 200 g/mol. The molecule has 0 heterocycles. The Hall–Kier alpha value is -0.120. The molecule has 0 radical (unpaired) electrons. The molecule has 0 saturated heterocycles. The minimum atomic E-state index is -0.257. The highest BCUT2D eigenvalue weighted by molar-refractivity contribution is 4.88. The third kappa shape index (κ3) is 4.40. The first-order chi connectivity index (χ1) is 7.42. The van der Waals surface area contributed by atoms with Crippen molar-refractivity contribution in [3.8, 4) is 0 Å². The van der Waals surface area contributed by atoms with E-state index in [9.17, 15) is 5.11 Å². The Morgan fingerprint density at radius 1 is 1.38 bits per heavy atom. The summed E-state index contributed by atoms with van der Waals surface area (Å²) < 4.78 is 0. The van der Waals surface area contributed by atoms with Crippen molar-refractivity contribution in [1.82, 2.24) is 10.2 Å². The average Bonchev–Trinajstić information content (AvgIpc) is 2.14. The zero-order valence-electron chi connectivity index (χ0n) is 11.3. The van der Waals surface area contributed by atoms with E-state index in [0.29, 0.717) is 18.0 Å². The molecule has 0 amide bonds. The molecule has 2 unspecified atom stereocenters. The zero-order valence-corrected chi connectivity index (χ0v) is 11.3. The molecule has 0 aromatic rings. The molecule has 0 aliphatic heterocycles. The minimum absolute atomic E-state index is 0.257. The van der Waals surface area contributed by atoms with Gasteiger partial charge in [-0.05, 0) is 32.4 Å². The highest BCUT2D eigenvalue weighted by Crippen LogP contribution is 2.35. The normalized spacial score (nSPS) is 27.0. The van der Waals surface area contributed by atoms with Gasteiger partial charge in [-0.1, -0.05) is 26.7 Å². The first-order valence-corrected chi connectivity index (χ1v) is 6.48. The van der Waals surface area contributed by atoms with Gasteiger partial charge in [0.25, 0.3) is 0 Å². The van der Waals surface area contributed by atoms with Gasteiger partial charge in [0.2, 0.25) is 0 Å². The van der Waals surface area contributed by atoms with Crippen molar-refractivity contribution in [3.05, 3.63) is 0 Å². The van der Waals surface area contributed by atoms with Crippen molar-refractivity contribution in [3.63, 3.8) is 0 Å². The van der Waals surface area contributed by atoms with Crippen molar-refractivity contribution >= 4 is 0 Å². The highest BCUT2D eigenvalue weighted by Gasteiger charge is 2.31. The summed E-state index contributed by atoms with van der Waals surface area (Å²) >= 11 is 0. The van der Waals surface area contributed by atoms with Gasteiger partial charge in [0.05, 0.1) is 6.10 Å². The lowest BCUT2D eigenvalue weighted by atomic mass is 9.73. The number of hydrogen-bond donors (Lipinski definition) is 2. The fourth-order valence-corrected chi connectivity index (χ4v) is 2.64. The van der Waals surface area contributed by atoms with Crippen LogP contribution in [0.1, 0.15) is 39.5 Å². The molecule has 1 aliphatic rings. The van der Waals surface area contributed by atoms with Crippen LogP contribution in [0.3, 0.4) is 0 Å². The molecular formula is C13H28N2O. The van der Waals surface area contributed by atoms with Crippen LogP contribution in [0.4, 0.5) is 0 Å². The highest BCUT2D eigenvalue weighted by atomic mass is 16.3. The van der Waals surface area contributed by atoms with E-state index in [-0.39, 0.29) is 6.10 Å². The topological polar surface area (TPSA) is 35.5 Å². The van der Waals surface area contributed by atoms with Gasteiger partial charge in [0, 0.05) is 19.1 Å². The maximum Gasteiger partial charge on any atom is 0.0791 e. The molecule has 2 atom stereocenters. The van der Waals surface area contributed by atoms with Gasteiger partial charge >= 0.3 is 0 Å². The first kappa shape index (κ1) is 13.9. The van der Waals surface area contributed by atoms with Gasteiger partial charge in [-0.2, -0.15) is 0 Å². The average molecular weight is 228 g/mol. The van der Waals surface area contributed by atoms with Crippen LogP contribution in [-0.4, -0.2) is 49.3 Å². The summed E-state index contributed by atoms with van der Waals surface area (Å²) in [5.41, 5.74) is 0.385. The molecule has 1 fully saturated rings. The second-order valence-corrected chi connectivity index (χ2v) is 6.11. The number of nitrogens with zero attached hydrogens (tertiary/aromatic N) is 1. The summed E-state index contributed by atoms with van der Waals surface area (Å²) in [4.78, 5) is 2.03. The molecule has 3 nitrogen and oxygen atoms in total. The van der Waals surface area contributed by atoms with E-state index in [1.54, 1.807) is 0 Å². The lowest BCUT2D eigenvalue weighted by molar-refractivity contribution is 0.107. The van der Waals surface area contributed by atoms with Crippen LogP contribution >= 0.6 is 0 Å². The Morgan fingerprint density at radius 3 is 2.62 bits per heavy atom. The Bertz CT molecular complexity index is 204. The van der Waals surface area contributed by atoms with E-state index in [1.807, 2.05) is 19.0 Å². The summed E-state index contributed by atoms with van der Waals surface area (Å²) in [7, 11) is 3.99. The molecule has 0 bridgehead atoms. The molecule has 2 N–H and O–H groups in total. The largest absolute Gasteiger partial charge is 0.390 e. The van der Waals surface area contributed by atoms with Crippen molar-refractivity contribution in [2.45, 2.75) is 51.7 Å². The number of rotatable bonds is 5. The Labute approximate surface area is 100 Å². The molecule has 0 spiro atoms. The number of aliphatic hydroxyl groups is 1. The third-order valence-electron chi connectivity index (χ3n) is 3.68. The van der Waals surface area contributed by atoms with Crippen LogP contribution in [0, 0.1) is 5.41 Å². The predicted molar refractivity (Wildman–Crippen MR) is 68.6 cm³/mol. The zero-order chi connectivity index (χ0) is 12.2.